The van der Waals surface area contributed by atoms with Crippen LogP contribution in [0.5, 0.6) is 0 Å². The van der Waals surface area contributed by atoms with Gasteiger partial charge in [0.2, 0.25) is 5.91 Å². The maximum Gasteiger partial charge on any atom is 0.220 e. The van der Waals surface area contributed by atoms with Crippen molar-refractivity contribution >= 4 is 5.91 Å². The molecule has 4 rings (SSSR count). The zero-order chi connectivity index (χ0) is 21.4. The van der Waals surface area contributed by atoms with Gasteiger partial charge in [-0.05, 0) is 6.92 Å². The number of amides is 1. The minimum absolute atomic E-state index is 0.0298. The Morgan fingerprint density at radius 3 is 2.43 bits per heavy atom. The third-order valence-corrected chi connectivity index (χ3v) is 6.09. The molecule has 1 amide bonds. The van der Waals surface area contributed by atoms with Gasteiger partial charge in [-0.2, -0.15) is 0 Å². The summed E-state index contributed by atoms with van der Waals surface area (Å²) in [5.41, 5.74) is 0. The molecule has 0 fully saturated rings. The molecule has 0 saturated heterocycles. The average molecular weight is 417 g/mol. The number of carbonyl (C=O) groups is 1. The minimum atomic E-state index is -0.0298. The molecule has 2 atom stereocenters. The summed E-state index contributed by atoms with van der Waals surface area (Å²) in [5.74, 6) is 4.42. The van der Waals surface area contributed by atoms with Crippen LogP contribution >= 0.6 is 0 Å². The van der Waals surface area contributed by atoms with Crippen LogP contribution in [0.1, 0.15) is 69.8 Å². The Kier molecular flexibility index (Phi) is 5.88. The molecule has 0 bridgehead atoms. The molecule has 0 aliphatic carbocycles. The lowest BCUT2D eigenvalue weighted by molar-refractivity contribution is -0.131. The minimum Gasteiger partial charge on any atom is -0.363 e. The van der Waals surface area contributed by atoms with Crippen molar-refractivity contribution in [3.05, 3.63) is 23.3 Å². The van der Waals surface area contributed by atoms with Gasteiger partial charge in [-0.1, -0.05) is 20.8 Å². The zero-order valence-corrected chi connectivity index (χ0v) is 18.6. The molecule has 2 aliphatic rings. The van der Waals surface area contributed by atoms with Gasteiger partial charge in [0.05, 0.1) is 13.2 Å². The number of ether oxygens (including phenoxy) is 1. The van der Waals surface area contributed by atoms with Crippen LogP contribution in [0.3, 0.4) is 0 Å². The van der Waals surface area contributed by atoms with Crippen molar-refractivity contribution in [2.45, 2.75) is 78.9 Å². The van der Waals surface area contributed by atoms with Crippen molar-refractivity contribution in [3.8, 4) is 0 Å². The summed E-state index contributed by atoms with van der Waals surface area (Å²) in [6, 6.07) is 0. The highest BCUT2D eigenvalue weighted by atomic mass is 16.5. The van der Waals surface area contributed by atoms with Gasteiger partial charge in [0.1, 0.15) is 36.2 Å². The Bertz CT molecular complexity index is 905. The molecule has 10 nitrogen and oxygen atoms in total. The van der Waals surface area contributed by atoms with E-state index in [0.29, 0.717) is 25.7 Å². The Hall–Kier alpha value is -2.33. The monoisotopic (exact) mass is 416 g/mol. The molecule has 0 aromatic carbocycles. The van der Waals surface area contributed by atoms with Crippen molar-refractivity contribution in [1.82, 2.24) is 39.3 Å². The van der Waals surface area contributed by atoms with Crippen LogP contribution in [0.25, 0.3) is 0 Å². The number of carbonyl (C=O) groups excluding carboxylic acids is 1. The highest BCUT2D eigenvalue weighted by molar-refractivity contribution is 5.73. The summed E-state index contributed by atoms with van der Waals surface area (Å²) in [5, 5.41) is 17.4. The summed E-state index contributed by atoms with van der Waals surface area (Å²) in [4.78, 5) is 15.9. The van der Waals surface area contributed by atoms with Crippen LogP contribution in [0, 0.1) is 0 Å². The van der Waals surface area contributed by atoms with Crippen LogP contribution in [0.2, 0.25) is 0 Å². The molecule has 164 valence electrons. The Morgan fingerprint density at radius 1 is 0.967 bits per heavy atom. The van der Waals surface area contributed by atoms with Crippen molar-refractivity contribution < 1.29 is 9.53 Å². The summed E-state index contributed by atoms with van der Waals surface area (Å²) in [6.45, 7) is 14.4. The van der Waals surface area contributed by atoms with Crippen LogP contribution < -0.4 is 0 Å². The van der Waals surface area contributed by atoms with Crippen molar-refractivity contribution in [2.75, 3.05) is 19.7 Å². The SMILES string of the molecule is CC(=O)N1CCc2nnc(C(C)COC(C)N3CCn4c(nnc4C(C)C)C3)n2C1. The van der Waals surface area contributed by atoms with E-state index in [1.54, 1.807) is 6.92 Å². The molecule has 0 saturated carbocycles. The molecule has 30 heavy (non-hydrogen) atoms. The molecule has 0 spiro atoms. The van der Waals surface area contributed by atoms with E-state index in [0.717, 1.165) is 49.4 Å². The topological polar surface area (TPSA) is 94.2 Å². The molecule has 0 radical (unpaired) electrons. The quantitative estimate of drug-likeness (QED) is 0.701. The molecule has 4 heterocycles. The van der Waals surface area contributed by atoms with Gasteiger partial charge in [-0.3, -0.25) is 14.3 Å². The van der Waals surface area contributed by atoms with Crippen molar-refractivity contribution in [3.63, 3.8) is 0 Å². The molecule has 2 aromatic rings. The Balaban J connectivity index is 1.35. The van der Waals surface area contributed by atoms with Crippen molar-refractivity contribution in [2.24, 2.45) is 0 Å². The smallest absolute Gasteiger partial charge is 0.220 e. The van der Waals surface area contributed by atoms with Gasteiger partial charge >= 0.3 is 0 Å². The highest BCUT2D eigenvalue weighted by Crippen LogP contribution is 2.22. The second kappa shape index (κ2) is 8.43. The van der Waals surface area contributed by atoms with E-state index in [9.17, 15) is 4.79 Å². The first-order chi connectivity index (χ1) is 14.3. The maximum atomic E-state index is 11.8. The fourth-order valence-electron chi connectivity index (χ4n) is 4.19. The van der Waals surface area contributed by atoms with E-state index in [4.69, 9.17) is 4.74 Å². The molecule has 2 unspecified atom stereocenters. The average Bonchev–Trinajstić information content (AvgIpc) is 3.34. The molecule has 10 heteroatoms. The fourth-order valence-corrected chi connectivity index (χ4v) is 4.19. The van der Waals surface area contributed by atoms with Gasteiger partial charge in [0, 0.05) is 44.8 Å². The summed E-state index contributed by atoms with van der Waals surface area (Å²) in [6.07, 6.45) is 0.710. The lowest BCUT2D eigenvalue weighted by Gasteiger charge is -2.33. The largest absolute Gasteiger partial charge is 0.363 e. The van der Waals surface area contributed by atoms with Crippen LogP contribution in [-0.2, 0) is 35.7 Å². The number of rotatable bonds is 6. The molecule has 2 aromatic heterocycles. The number of fused-ring (bicyclic) bond motifs is 2. The summed E-state index contributed by atoms with van der Waals surface area (Å²) < 4.78 is 10.5. The van der Waals surface area contributed by atoms with E-state index < -0.39 is 0 Å². The lowest BCUT2D eigenvalue weighted by atomic mass is 10.1. The second-order valence-electron chi connectivity index (χ2n) is 8.66. The van der Waals surface area contributed by atoms with E-state index in [-0.39, 0.29) is 18.1 Å². The third-order valence-electron chi connectivity index (χ3n) is 6.09. The summed E-state index contributed by atoms with van der Waals surface area (Å²) >= 11 is 0. The third kappa shape index (κ3) is 3.98. The first-order valence-electron chi connectivity index (χ1n) is 10.8. The van der Waals surface area contributed by atoms with E-state index in [1.807, 2.05) is 4.90 Å². The predicted octanol–water partition coefficient (Wildman–Crippen LogP) is 1.34. The highest BCUT2D eigenvalue weighted by Gasteiger charge is 2.28. The molecular weight excluding hydrogens is 384 g/mol. The van der Waals surface area contributed by atoms with Gasteiger partial charge in [0.15, 0.2) is 0 Å². The van der Waals surface area contributed by atoms with Crippen LogP contribution in [-0.4, -0.2) is 71.2 Å². The Morgan fingerprint density at radius 2 is 1.70 bits per heavy atom. The first-order valence-corrected chi connectivity index (χ1v) is 10.8. The molecular formula is C20H32N8O2. The standard InChI is InChI=1S/C20H32N8O2/c1-13(2)19-23-22-18-10-25(8-9-27(18)19)16(5)30-11-14(3)20-24-21-17-6-7-26(15(4)29)12-28(17)20/h13-14,16H,6-12H2,1-5H3. The fraction of sp³-hybridized carbons (Fsp3) is 0.750. The van der Waals surface area contributed by atoms with Gasteiger partial charge in [-0.15, -0.1) is 20.4 Å². The maximum absolute atomic E-state index is 11.8. The predicted molar refractivity (Wildman–Crippen MR) is 109 cm³/mol. The number of aromatic nitrogens is 6. The first kappa shape index (κ1) is 20.9. The number of nitrogens with zero attached hydrogens (tertiary/aromatic N) is 8. The van der Waals surface area contributed by atoms with Crippen LogP contribution in [0.4, 0.5) is 0 Å². The van der Waals surface area contributed by atoms with Crippen LogP contribution in [0.15, 0.2) is 0 Å². The molecule has 2 aliphatic heterocycles. The Labute approximate surface area is 177 Å². The normalized spacial score (nSPS) is 18.9. The number of hydrogen-bond donors (Lipinski definition) is 0. The van der Waals surface area contributed by atoms with Gasteiger partial charge < -0.3 is 14.2 Å². The van der Waals surface area contributed by atoms with Crippen molar-refractivity contribution in [1.29, 1.82) is 0 Å². The second-order valence-corrected chi connectivity index (χ2v) is 8.66. The summed E-state index contributed by atoms with van der Waals surface area (Å²) in [7, 11) is 0. The lowest BCUT2D eigenvalue weighted by Crippen LogP contribution is -2.42. The van der Waals surface area contributed by atoms with E-state index >= 15 is 0 Å². The van der Waals surface area contributed by atoms with Gasteiger partial charge in [0.25, 0.3) is 0 Å². The zero-order valence-electron chi connectivity index (χ0n) is 18.6. The number of hydrogen-bond acceptors (Lipinski definition) is 7. The van der Waals surface area contributed by atoms with E-state index in [1.165, 1.54) is 0 Å². The molecule has 0 N–H and O–H groups in total. The van der Waals surface area contributed by atoms with E-state index in [2.05, 4.69) is 62.1 Å². The van der Waals surface area contributed by atoms with Gasteiger partial charge in [-0.25, -0.2) is 0 Å².